The quantitative estimate of drug-likeness (QED) is 0.513. The molecule has 0 heterocycles. The number of nitrogens with zero attached hydrogens (tertiary/aromatic N) is 1. The molecule has 3 radical (unpaired) electrons. The SMILES string of the molecule is [CH2]CCCCCC([N])=O. The van der Waals surface area contributed by atoms with Crippen LogP contribution >= 0.6 is 0 Å². The van der Waals surface area contributed by atoms with Crippen LogP contribution in [0.5, 0.6) is 0 Å². The zero-order valence-corrected chi connectivity index (χ0v) is 5.60. The molecule has 0 N–H and O–H groups in total. The monoisotopic (exact) mass is 126 g/mol. The van der Waals surface area contributed by atoms with Crippen LogP contribution in [0.2, 0.25) is 0 Å². The van der Waals surface area contributed by atoms with Crippen LogP contribution in [0.1, 0.15) is 32.1 Å². The first kappa shape index (κ1) is 8.47. The van der Waals surface area contributed by atoms with Crippen LogP contribution in [-0.2, 0) is 4.79 Å². The summed E-state index contributed by atoms with van der Waals surface area (Å²) in [5, 5.41) is 0. The molecule has 0 saturated carbocycles. The van der Waals surface area contributed by atoms with Crippen LogP contribution in [0.3, 0.4) is 0 Å². The van der Waals surface area contributed by atoms with Crippen LogP contribution in [0, 0.1) is 6.92 Å². The van der Waals surface area contributed by atoms with E-state index in [0.29, 0.717) is 6.42 Å². The van der Waals surface area contributed by atoms with Crippen molar-refractivity contribution in [1.29, 1.82) is 0 Å². The van der Waals surface area contributed by atoms with Gasteiger partial charge >= 0.3 is 0 Å². The van der Waals surface area contributed by atoms with Crippen molar-refractivity contribution in [2.45, 2.75) is 32.1 Å². The molecular formula is C7H12NO. The normalized spacial score (nSPS) is 9.44. The second kappa shape index (κ2) is 5.60. The summed E-state index contributed by atoms with van der Waals surface area (Å²) in [5.74, 6) is -0.695. The van der Waals surface area contributed by atoms with E-state index in [9.17, 15) is 4.79 Å². The molecule has 0 fully saturated rings. The van der Waals surface area contributed by atoms with Crippen molar-refractivity contribution in [2.24, 2.45) is 0 Å². The first-order chi connectivity index (χ1) is 4.27. The van der Waals surface area contributed by atoms with E-state index in [2.05, 4.69) is 6.92 Å². The molecule has 0 bridgehead atoms. The Labute approximate surface area is 56.4 Å². The third kappa shape index (κ3) is 7.47. The largest absolute Gasteiger partial charge is 0.271 e. The molecule has 0 atom stereocenters. The van der Waals surface area contributed by atoms with Crippen molar-refractivity contribution in [1.82, 2.24) is 5.73 Å². The zero-order chi connectivity index (χ0) is 7.11. The summed E-state index contributed by atoms with van der Waals surface area (Å²) in [6.45, 7) is 3.65. The number of rotatable bonds is 5. The summed E-state index contributed by atoms with van der Waals surface area (Å²) in [6.07, 6.45) is 4.06. The molecule has 0 aliphatic rings. The van der Waals surface area contributed by atoms with E-state index >= 15 is 0 Å². The molecule has 2 heteroatoms. The molecule has 0 spiro atoms. The highest BCUT2D eigenvalue weighted by atomic mass is 16.1. The van der Waals surface area contributed by atoms with Gasteiger partial charge in [-0.05, 0) is 6.42 Å². The number of hydrogen-bond acceptors (Lipinski definition) is 1. The maximum absolute atomic E-state index is 9.95. The zero-order valence-electron chi connectivity index (χ0n) is 5.60. The number of carbonyl (C=O) groups is 1. The lowest BCUT2D eigenvalue weighted by Gasteiger charge is -1.92. The fourth-order valence-electron chi connectivity index (χ4n) is 0.630. The molecule has 0 aromatic rings. The van der Waals surface area contributed by atoms with Gasteiger partial charge in [0.1, 0.15) is 0 Å². The number of carbonyl (C=O) groups excluding carboxylic acids is 1. The summed E-state index contributed by atoms with van der Waals surface area (Å²) in [7, 11) is 0. The summed E-state index contributed by atoms with van der Waals surface area (Å²) < 4.78 is 0. The third-order valence-corrected chi connectivity index (χ3v) is 1.14. The Hall–Kier alpha value is -0.530. The van der Waals surface area contributed by atoms with Crippen molar-refractivity contribution in [3.63, 3.8) is 0 Å². The van der Waals surface area contributed by atoms with E-state index in [1.165, 1.54) is 0 Å². The van der Waals surface area contributed by atoms with Crippen LogP contribution in [0.4, 0.5) is 0 Å². The minimum atomic E-state index is -0.695. The van der Waals surface area contributed by atoms with Gasteiger partial charge < -0.3 is 0 Å². The Morgan fingerprint density at radius 1 is 1.33 bits per heavy atom. The van der Waals surface area contributed by atoms with Crippen LogP contribution in [0.15, 0.2) is 0 Å². The number of unbranched alkanes of at least 4 members (excludes halogenated alkanes) is 3. The molecule has 0 aliphatic carbocycles. The first-order valence-corrected chi connectivity index (χ1v) is 3.28. The molecule has 0 unspecified atom stereocenters. The van der Waals surface area contributed by atoms with Crippen molar-refractivity contribution < 1.29 is 4.79 Å². The molecule has 9 heavy (non-hydrogen) atoms. The summed E-state index contributed by atoms with van der Waals surface area (Å²) in [5.41, 5.74) is 8.20. The van der Waals surface area contributed by atoms with Crippen molar-refractivity contribution in [3.8, 4) is 0 Å². The maximum atomic E-state index is 9.95. The van der Waals surface area contributed by atoms with Gasteiger partial charge in [-0.2, -0.15) is 0 Å². The van der Waals surface area contributed by atoms with Gasteiger partial charge in [0.2, 0.25) is 0 Å². The lowest BCUT2D eigenvalue weighted by Crippen LogP contribution is -1.95. The molecule has 0 saturated heterocycles. The average molecular weight is 126 g/mol. The highest BCUT2D eigenvalue weighted by Gasteiger charge is 1.94. The fraction of sp³-hybridized carbons (Fsp3) is 0.714. The van der Waals surface area contributed by atoms with Crippen molar-refractivity contribution in [2.75, 3.05) is 0 Å². The predicted molar refractivity (Wildman–Crippen MR) is 35.6 cm³/mol. The van der Waals surface area contributed by atoms with E-state index in [1.54, 1.807) is 0 Å². The Morgan fingerprint density at radius 2 is 2.00 bits per heavy atom. The lowest BCUT2D eigenvalue weighted by atomic mass is 10.1. The Morgan fingerprint density at radius 3 is 2.44 bits per heavy atom. The lowest BCUT2D eigenvalue weighted by molar-refractivity contribution is -0.118. The van der Waals surface area contributed by atoms with Gasteiger partial charge in [-0.3, -0.25) is 4.79 Å². The van der Waals surface area contributed by atoms with E-state index in [-0.39, 0.29) is 0 Å². The van der Waals surface area contributed by atoms with Gasteiger partial charge in [0.05, 0.1) is 0 Å². The van der Waals surface area contributed by atoms with Crippen LogP contribution < -0.4 is 5.73 Å². The number of amides is 1. The van der Waals surface area contributed by atoms with Crippen LogP contribution in [0.25, 0.3) is 0 Å². The van der Waals surface area contributed by atoms with Gasteiger partial charge in [0, 0.05) is 6.42 Å². The fourth-order valence-corrected chi connectivity index (χ4v) is 0.630. The number of hydrogen-bond donors (Lipinski definition) is 0. The summed E-state index contributed by atoms with van der Waals surface area (Å²) >= 11 is 0. The molecule has 0 rings (SSSR count). The maximum Gasteiger partial charge on any atom is 0.264 e. The van der Waals surface area contributed by atoms with Gasteiger partial charge in [0.25, 0.3) is 5.91 Å². The minimum Gasteiger partial charge on any atom is -0.271 e. The summed E-state index contributed by atoms with van der Waals surface area (Å²) in [6, 6.07) is 0. The highest BCUT2D eigenvalue weighted by Crippen LogP contribution is 2.00. The topological polar surface area (TPSA) is 39.4 Å². The summed E-state index contributed by atoms with van der Waals surface area (Å²) in [4.78, 5) is 9.95. The Balaban J connectivity index is 2.83. The van der Waals surface area contributed by atoms with E-state index in [0.717, 1.165) is 25.7 Å². The minimum absolute atomic E-state index is 0.306. The third-order valence-electron chi connectivity index (χ3n) is 1.14. The molecule has 2 nitrogen and oxygen atoms in total. The first-order valence-electron chi connectivity index (χ1n) is 3.28. The van der Waals surface area contributed by atoms with Crippen molar-refractivity contribution in [3.05, 3.63) is 6.92 Å². The standard InChI is InChI=1S/C7H12NO/c1-2-3-4-5-6-7(8)9/h1-6H2. The van der Waals surface area contributed by atoms with Crippen LogP contribution in [-0.4, -0.2) is 5.91 Å². The van der Waals surface area contributed by atoms with E-state index in [4.69, 9.17) is 5.73 Å². The molecule has 51 valence electrons. The second-order valence-corrected chi connectivity index (χ2v) is 2.06. The van der Waals surface area contributed by atoms with Gasteiger partial charge in [-0.1, -0.05) is 26.2 Å². The Kier molecular flexibility index (Phi) is 5.27. The van der Waals surface area contributed by atoms with Crippen molar-refractivity contribution >= 4 is 5.91 Å². The Bertz CT molecular complexity index is 81.0. The smallest absolute Gasteiger partial charge is 0.264 e. The van der Waals surface area contributed by atoms with E-state index < -0.39 is 5.91 Å². The molecule has 0 aromatic heterocycles. The van der Waals surface area contributed by atoms with Gasteiger partial charge in [0.15, 0.2) is 0 Å². The molecular weight excluding hydrogens is 114 g/mol. The molecule has 1 amide bonds. The predicted octanol–water partition coefficient (Wildman–Crippen LogP) is 1.37. The molecule has 0 aromatic carbocycles. The average Bonchev–Trinajstić information content (AvgIpc) is 1.80. The highest BCUT2D eigenvalue weighted by molar-refractivity contribution is 5.72. The van der Waals surface area contributed by atoms with Gasteiger partial charge in [-0.25, -0.2) is 0 Å². The second-order valence-electron chi connectivity index (χ2n) is 2.06. The van der Waals surface area contributed by atoms with Gasteiger partial charge in [-0.15, -0.1) is 5.73 Å². The van der Waals surface area contributed by atoms with E-state index in [1.807, 2.05) is 0 Å². The molecule has 0 aliphatic heterocycles.